The van der Waals surface area contributed by atoms with Gasteiger partial charge in [-0.2, -0.15) is 0 Å². The molecular weight excluding hydrogens is 329 g/mol. The summed E-state index contributed by atoms with van der Waals surface area (Å²) in [5.41, 5.74) is 1.56. The molecule has 3 nitrogen and oxygen atoms in total. The number of hydrogen-bond acceptors (Lipinski definition) is 2. The molecule has 0 aromatic heterocycles. The predicted octanol–water partition coefficient (Wildman–Crippen LogP) is 4.82. The van der Waals surface area contributed by atoms with Gasteiger partial charge in [0.05, 0.1) is 11.6 Å². The maximum absolute atomic E-state index is 14.0. The Morgan fingerprint density at radius 3 is 2.75 bits per heavy atom. The number of benzene rings is 2. The summed E-state index contributed by atoms with van der Waals surface area (Å²) in [6.45, 7) is 5.92. The Labute approximate surface area is 145 Å². The van der Waals surface area contributed by atoms with Gasteiger partial charge in [0.15, 0.2) is 0 Å². The summed E-state index contributed by atoms with van der Waals surface area (Å²) >= 11 is 5.75. The molecule has 0 aliphatic carbocycles. The van der Waals surface area contributed by atoms with Crippen LogP contribution in [-0.2, 0) is 0 Å². The molecule has 0 bridgehead atoms. The Bertz CT molecular complexity index is 804. The van der Waals surface area contributed by atoms with Crippen molar-refractivity contribution in [2.45, 2.75) is 38.8 Å². The number of hydrogen-bond donors (Lipinski definition) is 1. The first-order valence-corrected chi connectivity index (χ1v) is 8.18. The Morgan fingerprint density at radius 1 is 1.29 bits per heavy atom. The monoisotopic (exact) mass is 347 g/mol. The second-order valence-electron chi connectivity index (χ2n) is 6.76. The molecule has 0 radical (unpaired) electrons. The van der Waals surface area contributed by atoms with E-state index in [9.17, 15) is 9.18 Å². The van der Waals surface area contributed by atoms with Gasteiger partial charge in [-0.3, -0.25) is 4.79 Å². The molecule has 1 aliphatic heterocycles. The number of carbonyl (C=O) groups excluding carboxylic acids is 1. The van der Waals surface area contributed by atoms with Crippen molar-refractivity contribution in [2.75, 3.05) is 0 Å². The number of nitrogens with one attached hydrogen (secondary N) is 1. The van der Waals surface area contributed by atoms with Crippen LogP contribution in [0.5, 0.6) is 5.75 Å². The summed E-state index contributed by atoms with van der Waals surface area (Å²) in [6, 6.07) is 9.67. The lowest BCUT2D eigenvalue weighted by atomic mass is 9.88. The standard InChI is InChI=1S/C19H19ClFNO2/c1-11-4-7-17-14(8-11)16(10-19(2,3)24-17)22-18(23)13-6-5-12(20)9-15(13)21/h4-9,16H,10H2,1-3H3,(H,22,23)/t16-/m0/s1. The van der Waals surface area contributed by atoms with Crippen molar-refractivity contribution >= 4 is 17.5 Å². The van der Waals surface area contributed by atoms with Crippen molar-refractivity contribution in [1.82, 2.24) is 5.32 Å². The van der Waals surface area contributed by atoms with Crippen LogP contribution in [0, 0.1) is 12.7 Å². The van der Waals surface area contributed by atoms with Crippen LogP contribution in [-0.4, -0.2) is 11.5 Å². The molecule has 0 fully saturated rings. The average Bonchev–Trinajstić information content (AvgIpc) is 2.47. The van der Waals surface area contributed by atoms with Gasteiger partial charge < -0.3 is 10.1 Å². The van der Waals surface area contributed by atoms with Gasteiger partial charge in [-0.1, -0.05) is 29.3 Å². The highest BCUT2D eigenvalue weighted by Gasteiger charge is 2.35. The van der Waals surface area contributed by atoms with Gasteiger partial charge >= 0.3 is 0 Å². The fourth-order valence-corrected chi connectivity index (χ4v) is 3.17. The van der Waals surface area contributed by atoms with Crippen molar-refractivity contribution < 1.29 is 13.9 Å². The topological polar surface area (TPSA) is 38.3 Å². The lowest BCUT2D eigenvalue weighted by molar-refractivity contribution is 0.0618. The van der Waals surface area contributed by atoms with E-state index in [0.717, 1.165) is 22.9 Å². The van der Waals surface area contributed by atoms with E-state index in [1.807, 2.05) is 39.0 Å². The number of fused-ring (bicyclic) bond motifs is 1. The molecule has 1 N–H and O–H groups in total. The summed E-state index contributed by atoms with van der Waals surface area (Å²) in [7, 11) is 0. The van der Waals surface area contributed by atoms with Crippen LogP contribution in [0.3, 0.4) is 0 Å². The third-order valence-corrected chi connectivity index (χ3v) is 4.34. The summed E-state index contributed by atoms with van der Waals surface area (Å²) in [4.78, 5) is 12.5. The van der Waals surface area contributed by atoms with Crippen molar-refractivity contribution in [1.29, 1.82) is 0 Å². The van der Waals surface area contributed by atoms with Crippen molar-refractivity contribution in [3.63, 3.8) is 0 Å². The molecule has 24 heavy (non-hydrogen) atoms. The molecule has 0 saturated carbocycles. The highest BCUT2D eigenvalue weighted by atomic mass is 35.5. The minimum atomic E-state index is -0.629. The third kappa shape index (κ3) is 3.39. The van der Waals surface area contributed by atoms with Gasteiger partial charge in [0, 0.05) is 17.0 Å². The highest BCUT2D eigenvalue weighted by Crippen LogP contribution is 2.40. The smallest absolute Gasteiger partial charge is 0.254 e. The van der Waals surface area contributed by atoms with Crippen LogP contribution < -0.4 is 10.1 Å². The van der Waals surface area contributed by atoms with E-state index < -0.39 is 17.3 Å². The Kier molecular flexibility index (Phi) is 4.26. The molecule has 1 amide bonds. The van der Waals surface area contributed by atoms with Crippen LogP contribution in [0.4, 0.5) is 4.39 Å². The first-order valence-electron chi connectivity index (χ1n) is 7.81. The summed E-state index contributed by atoms with van der Waals surface area (Å²) in [5.74, 6) is -0.339. The SMILES string of the molecule is Cc1ccc2c(c1)[C@@H](NC(=O)c1ccc(Cl)cc1F)CC(C)(C)O2. The zero-order valence-electron chi connectivity index (χ0n) is 13.8. The highest BCUT2D eigenvalue weighted by molar-refractivity contribution is 6.30. The van der Waals surface area contributed by atoms with E-state index in [4.69, 9.17) is 16.3 Å². The molecule has 0 saturated heterocycles. The first-order chi connectivity index (χ1) is 11.2. The minimum Gasteiger partial charge on any atom is -0.487 e. The van der Waals surface area contributed by atoms with E-state index in [-0.39, 0.29) is 16.6 Å². The van der Waals surface area contributed by atoms with Crippen molar-refractivity contribution in [2.24, 2.45) is 0 Å². The molecule has 0 spiro atoms. The number of halogens is 2. The summed E-state index contributed by atoms with van der Waals surface area (Å²) in [6.07, 6.45) is 0.602. The van der Waals surface area contributed by atoms with Gasteiger partial charge in [-0.25, -0.2) is 4.39 Å². The molecule has 126 valence electrons. The van der Waals surface area contributed by atoms with Crippen LogP contribution in [0.1, 0.15) is 47.8 Å². The molecule has 2 aromatic rings. The number of aryl methyl sites for hydroxylation is 1. The quantitative estimate of drug-likeness (QED) is 0.845. The zero-order valence-corrected chi connectivity index (χ0v) is 14.6. The second kappa shape index (κ2) is 6.10. The lowest BCUT2D eigenvalue weighted by Crippen LogP contribution is -2.41. The fourth-order valence-electron chi connectivity index (χ4n) is 3.01. The maximum Gasteiger partial charge on any atom is 0.254 e. The second-order valence-corrected chi connectivity index (χ2v) is 7.19. The van der Waals surface area contributed by atoms with E-state index in [2.05, 4.69) is 5.32 Å². The van der Waals surface area contributed by atoms with Crippen molar-refractivity contribution in [3.8, 4) is 5.75 Å². The van der Waals surface area contributed by atoms with Crippen LogP contribution in [0.25, 0.3) is 0 Å². The van der Waals surface area contributed by atoms with Crippen LogP contribution in [0.2, 0.25) is 5.02 Å². The van der Waals surface area contributed by atoms with Gasteiger partial charge in [-0.05, 0) is 45.0 Å². The largest absolute Gasteiger partial charge is 0.487 e. The molecule has 0 unspecified atom stereocenters. The van der Waals surface area contributed by atoms with Crippen LogP contribution >= 0.6 is 11.6 Å². The van der Waals surface area contributed by atoms with Gasteiger partial charge in [-0.15, -0.1) is 0 Å². The molecular formula is C19H19ClFNO2. The van der Waals surface area contributed by atoms with E-state index >= 15 is 0 Å². The number of ether oxygens (including phenoxy) is 1. The maximum atomic E-state index is 14.0. The molecule has 1 atom stereocenters. The van der Waals surface area contributed by atoms with Gasteiger partial charge in [0.1, 0.15) is 17.2 Å². The number of carbonyl (C=O) groups is 1. The lowest BCUT2D eigenvalue weighted by Gasteiger charge is -2.38. The predicted molar refractivity (Wildman–Crippen MR) is 92.1 cm³/mol. The van der Waals surface area contributed by atoms with Crippen molar-refractivity contribution in [3.05, 3.63) is 63.9 Å². The van der Waals surface area contributed by atoms with E-state index in [0.29, 0.717) is 6.42 Å². The third-order valence-electron chi connectivity index (χ3n) is 4.10. The number of amides is 1. The molecule has 5 heteroatoms. The average molecular weight is 348 g/mol. The summed E-state index contributed by atoms with van der Waals surface area (Å²) in [5, 5.41) is 3.19. The summed E-state index contributed by atoms with van der Waals surface area (Å²) < 4.78 is 20.0. The number of rotatable bonds is 2. The van der Waals surface area contributed by atoms with E-state index in [1.54, 1.807) is 0 Å². The molecule has 3 rings (SSSR count). The van der Waals surface area contributed by atoms with Gasteiger partial charge in [0.25, 0.3) is 5.91 Å². The van der Waals surface area contributed by atoms with Gasteiger partial charge in [0.2, 0.25) is 0 Å². The first kappa shape index (κ1) is 16.8. The van der Waals surface area contributed by atoms with E-state index in [1.165, 1.54) is 12.1 Å². The fraction of sp³-hybridized carbons (Fsp3) is 0.316. The Morgan fingerprint density at radius 2 is 2.04 bits per heavy atom. The molecule has 1 aliphatic rings. The zero-order chi connectivity index (χ0) is 17.5. The minimum absolute atomic E-state index is 0.0158. The Balaban J connectivity index is 1.91. The normalized spacial score (nSPS) is 18.5. The van der Waals surface area contributed by atoms with Crippen LogP contribution in [0.15, 0.2) is 36.4 Å². The molecule has 2 aromatic carbocycles. The molecule has 1 heterocycles. The Hall–Kier alpha value is -2.07.